The summed E-state index contributed by atoms with van der Waals surface area (Å²) in [7, 11) is 0. The number of hydrogen-bond acceptors (Lipinski definition) is 6. The largest absolute Gasteiger partial charge is 0.368 e. The molecular formula is C13H16N6. The molecule has 19 heavy (non-hydrogen) atoms. The van der Waals surface area contributed by atoms with E-state index in [0.29, 0.717) is 12.5 Å². The van der Waals surface area contributed by atoms with Crippen LogP contribution in [0.2, 0.25) is 0 Å². The Morgan fingerprint density at radius 1 is 1.11 bits per heavy atom. The lowest BCUT2D eigenvalue weighted by atomic mass is 10.2. The van der Waals surface area contributed by atoms with Crippen LogP contribution in [0.15, 0.2) is 36.9 Å². The fraction of sp³-hybridized carbons (Fsp3) is 0.154. The van der Waals surface area contributed by atoms with E-state index in [1.54, 1.807) is 6.08 Å². The number of aryl methyl sites for hydroxylation is 1. The first-order valence-electron chi connectivity index (χ1n) is 5.82. The molecule has 0 unspecified atom stereocenters. The van der Waals surface area contributed by atoms with E-state index in [2.05, 4.69) is 21.5 Å². The minimum atomic E-state index is 0.101. The van der Waals surface area contributed by atoms with E-state index in [9.17, 15) is 0 Å². The van der Waals surface area contributed by atoms with Gasteiger partial charge in [-0.2, -0.15) is 15.0 Å². The summed E-state index contributed by atoms with van der Waals surface area (Å²) in [5.41, 5.74) is 13.3. The number of aromatic nitrogens is 3. The highest BCUT2D eigenvalue weighted by Gasteiger charge is 2.12. The van der Waals surface area contributed by atoms with E-state index >= 15 is 0 Å². The van der Waals surface area contributed by atoms with Crippen LogP contribution in [0, 0.1) is 6.92 Å². The lowest BCUT2D eigenvalue weighted by Gasteiger charge is -2.21. The fourth-order valence-electron chi connectivity index (χ4n) is 1.67. The zero-order chi connectivity index (χ0) is 13.8. The average molecular weight is 256 g/mol. The van der Waals surface area contributed by atoms with Gasteiger partial charge in [0.25, 0.3) is 0 Å². The minimum Gasteiger partial charge on any atom is -0.368 e. The van der Waals surface area contributed by atoms with Crippen LogP contribution in [0.3, 0.4) is 0 Å². The smallest absolute Gasteiger partial charge is 0.236 e. The van der Waals surface area contributed by atoms with Crippen LogP contribution in [0.1, 0.15) is 5.56 Å². The number of hydrogen-bond donors (Lipinski definition) is 2. The lowest BCUT2D eigenvalue weighted by molar-refractivity contribution is 0.967. The molecule has 0 spiro atoms. The molecule has 1 aromatic carbocycles. The highest BCUT2D eigenvalue weighted by Crippen LogP contribution is 2.23. The van der Waals surface area contributed by atoms with Crippen LogP contribution in [-0.2, 0) is 0 Å². The molecule has 2 aromatic rings. The van der Waals surface area contributed by atoms with Gasteiger partial charge in [0.2, 0.25) is 17.8 Å². The minimum absolute atomic E-state index is 0.101. The standard InChI is InChI=1S/C13H16N6/c1-3-8-19(10-6-4-9(2)5-7-10)13-17-11(14)16-12(15)18-13/h3-7H,1,8H2,2H3,(H4,14,15,16,17,18). The number of nitrogen functional groups attached to an aromatic ring is 2. The predicted molar refractivity (Wildman–Crippen MR) is 77.0 cm³/mol. The lowest BCUT2D eigenvalue weighted by Crippen LogP contribution is -2.21. The molecule has 1 aromatic heterocycles. The van der Waals surface area contributed by atoms with Gasteiger partial charge in [-0.1, -0.05) is 23.8 Å². The van der Waals surface area contributed by atoms with Crippen LogP contribution in [0.5, 0.6) is 0 Å². The van der Waals surface area contributed by atoms with Crippen LogP contribution in [-0.4, -0.2) is 21.5 Å². The second-order valence-corrected chi connectivity index (χ2v) is 4.09. The van der Waals surface area contributed by atoms with E-state index in [0.717, 1.165) is 5.69 Å². The molecule has 2 rings (SSSR count). The molecular weight excluding hydrogens is 240 g/mol. The third kappa shape index (κ3) is 2.98. The molecule has 0 aliphatic rings. The van der Waals surface area contributed by atoms with Gasteiger partial charge in [-0.05, 0) is 19.1 Å². The summed E-state index contributed by atoms with van der Waals surface area (Å²) in [4.78, 5) is 13.8. The van der Waals surface area contributed by atoms with E-state index in [4.69, 9.17) is 11.5 Å². The molecule has 0 bridgehead atoms. The van der Waals surface area contributed by atoms with Gasteiger partial charge in [-0.3, -0.25) is 0 Å². The van der Waals surface area contributed by atoms with Crippen LogP contribution < -0.4 is 16.4 Å². The Hall–Kier alpha value is -2.63. The molecule has 98 valence electrons. The number of benzene rings is 1. The maximum Gasteiger partial charge on any atom is 0.236 e. The zero-order valence-corrected chi connectivity index (χ0v) is 10.7. The van der Waals surface area contributed by atoms with Crippen LogP contribution in [0.25, 0.3) is 0 Å². The van der Waals surface area contributed by atoms with Gasteiger partial charge in [-0.25, -0.2) is 0 Å². The van der Waals surface area contributed by atoms with Crippen molar-refractivity contribution in [3.8, 4) is 0 Å². The summed E-state index contributed by atoms with van der Waals surface area (Å²) < 4.78 is 0. The van der Waals surface area contributed by atoms with E-state index in [1.807, 2.05) is 36.1 Å². The van der Waals surface area contributed by atoms with Crippen LogP contribution >= 0.6 is 0 Å². The quantitative estimate of drug-likeness (QED) is 0.808. The highest BCUT2D eigenvalue weighted by molar-refractivity contribution is 5.59. The van der Waals surface area contributed by atoms with Crippen molar-refractivity contribution >= 4 is 23.5 Å². The second-order valence-electron chi connectivity index (χ2n) is 4.09. The van der Waals surface area contributed by atoms with Gasteiger partial charge in [0.05, 0.1) is 0 Å². The SMILES string of the molecule is C=CCN(c1ccc(C)cc1)c1nc(N)nc(N)n1. The first-order valence-corrected chi connectivity index (χ1v) is 5.82. The number of anilines is 4. The van der Waals surface area contributed by atoms with Crippen molar-refractivity contribution in [2.24, 2.45) is 0 Å². The third-order valence-corrected chi connectivity index (χ3v) is 2.56. The van der Waals surface area contributed by atoms with Gasteiger partial charge in [-0.15, -0.1) is 6.58 Å². The molecule has 0 aliphatic heterocycles. The Morgan fingerprint density at radius 3 is 2.21 bits per heavy atom. The van der Waals surface area contributed by atoms with Gasteiger partial charge >= 0.3 is 0 Å². The molecule has 0 radical (unpaired) electrons. The monoisotopic (exact) mass is 256 g/mol. The summed E-state index contributed by atoms with van der Waals surface area (Å²) in [6, 6.07) is 7.99. The van der Waals surface area contributed by atoms with E-state index in [-0.39, 0.29) is 11.9 Å². The van der Waals surface area contributed by atoms with Gasteiger partial charge in [0.15, 0.2) is 0 Å². The fourth-order valence-corrected chi connectivity index (χ4v) is 1.67. The van der Waals surface area contributed by atoms with Crippen molar-refractivity contribution in [3.05, 3.63) is 42.5 Å². The van der Waals surface area contributed by atoms with Crippen LogP contribution in [0.4, 0.5) is 23.5 Å². The second kappa shape index (κ2) is 5.34. The molecule has 0 aliphatic carbocycles. The molecule has 0 saturated carbocycles. The Kier molecular flexibility index (Phi) is 3.61. The maximum absolute atomic E-state index is 5.60. The molecule has 0 fully saturated rings. The first-order chi connectivity index (χ1) is 9.10. The van der Waals surface area contributed by atoms with Crippen molar-refractivity contribution in [3.63, 3.8) is 0 Å². The zero-order valence-electron chi connectivity index (χ0n) is 10.7. The van der Waals surface area contributed by atoms with Crippen molar-refractivity contribution in [2.45, 2.75) is 6.92 Å². The summed E-state index contributed by atoms with van der Waals surface area (Å²) >= 11 is 0. The summed E-state index contributed by atoms with van der Waals surface area (Å²) in [6.45, 7) is 6.31. The average Bonchev–Trinajstić information content (AvgIpc) is 2.36. The molecule has 1 heterocycles. The summed E-state index contributed by atoms with van der Waals surface area (Å²) in [5, 5.41) is 0. The Balaban J connectivity index is 2.44. The summed E-state index contributed by atoms with van der Waals surface area (Å²) in [5.74, 6) is 0.612. The topological polar surface area (TPSA) is 94.0 Å². The van der Waals surface area contributed by atoms with Gasteiger partial charge < -0.3 is 16.4 Å². The molecule has 4 N–H and O–H groups in total. The molecule has 0 atom stereocenters. The maximum atomic E-state index is 5.60. The van der Waals surface area contributed by atoms with Crippen molar-refractivity contribution in [1.82, 2.24) is 15.0 Å². The predicted octanol–water partition coefficient (Wildman–Crippen LogP) is 1.67. The van der Waals surface area contributed by atoms with Crippen molar-refractivity contribution < 1.29 is 0 Å². The van der Waals surface area contributed by atoms with Gasteiger partial charge in [0.1, 0.15) is 0 Å². The highest BCUT2D eigenvalue weighted by atomic mass is 15.3. The number of nitrogens with two attached hydrogens (primary N) is 2. The van der Waals surface area contributed by atoms with E-state index < -0.39 is 0 Å². The molecule has 0 amide bonds. The molecule has 0 saturated heterocycles. The van der Waals surface area contributed by atoms with Gasteiger partial charge in [0, 0.05) is 12.2 Å². The molecule has 6 nitrogen and oxygen atoms in total. The number of nitrogens with zero attached hydrogens (tertiary/aromatic N) is 4. The van der Waals surface area contributed by atoms with Crippen molar-refractivity contribution in [2.75, 3.05) is 22.9 Å². The molecule has 6 heteroatoms. The Labute approximate surface area is 111 Å². The third-order valence-electron chi connectivity index (χ3n) is 2.56. The van der Waals surface area contributed by atoms with Crippen molar-refractivity contribution in [1.29, 1.82) is 0 Å². The summed E-state index contributed by atoms with van der Waals surface area (Å²) in [6.07, 6.45) is 1.76. The first kappa shape index (κ1) is 12.8. The normalized spacial score (nSPS) is 10.2. The Bertz CT molecular complexity index is 558. The number of rotatable bonds is 4. The Morgan fingerprint density at radius 2 is 1.68 bits per heavy atom. The van der Waals surface area contributed by atoms with E-state index in [1.165, 1.54) is 5.56 Å².